The van der Waals surface area contributed by atoms with Crippen molar-refractivity contribution >= 4 is 17.5 Å². The summed E-state index contributed by atoms with van der Waals surface area (Å²) >= 11 is 6.03. The molecule has 1 amide bonds. The SMILES string of the molecule is COc1ccc(Cl)cc1C(=O)NC[C@@H]1OCCc2cn(Cc3ccccc3)nc21. The number of carbonyl (C=O) groups excluding carboxylic acids is 1. The van der Waals surface area contributed by atoms with Crippen molar-refractivity contribution < 1.29 is 14.3 Å². The maximum atomic E-state index is 12.6. The van der Waals surface area contributed by atoms with Gasteiger partial charge in [0.25, 0.3) is 5.91 Å². The molecule has 1 aliphatic heterocycles. The van der Waals surface area contributed by atoms with Crippen molar-refractivity contribution in [3.05, 3.63) is 82.1 Å². The van der Waals surface area contributed by atoms with Crippen molar-refractivity contribution in [2.45, 2.75) is 19.1 Å². The minimum Gasteiger partial charge on any atom is -0.496 e. The lowest BCUT2D eigenvalue weighted by atomic mass is 10.1. The van der Waals surface area contributed by atoms with Gasteiger partial charge in [-0.15, -0.1) is 0 Å². The molecule has 1 aliphatic rings. The van der Waals surface area contributed by atoms with Crippen LogP contribution in [-0.2, 0) is 17.7 Å². The van der Waals surface area contributed by atoms with Gasteiger partial charge in [-0.05, 0) is 35.7 Å². The Balaban J connectivity index is 1.46. The molecule has 1 atom stereocenters. The molecule has 0 radical (unpaired) electrons. The highest BCUT2D eigenvalue weighted by atomic mass is 35.5. The summed E-state index contributed by atoms with van der Waals surface area (Å²) in [5, 5.41) is 8.12. The molecule has 7 heteroatoms. The Morgan fingerprint density at radius 2 is 2.14 bits per heavy atom. The Morgan fingerprint density at radius 1 is 1.31 bits per heavy atom. The number of nitrogens with zero attached hydrogens (tertiary/aromatic N) is 2. The van der Waals surface area contributed by atoms with E-state index in [0.717, 1.165) is 17.7 Å². The van der Waals surface area contributed by atoms with Crippen LogP contribution in [0.15, 0.2) is 54.7 Å². The number of nitrogens with one attached hydrogen (secondary N) is 1. The third-order valence-corrected chi connectivity index (χ3v) is 5.14. The molecule has 29 heavy (non-hydrogen) atoms. The van der Waals surface area contributed by atoms with Crippen LogP contribution in [0.2, 0.25) is 5.02 Å². The quantitative estimate of drug-likeness (QED) is 0.672. The van der Waals surface area contributed by atoms with Crippen LogP contribution in [0.25, 0.3) is 0 Å². The molecule has 0 saturated carbocycles. The number of aromatic nitrogens is 2. The van der Waals surface area contributed by atoms with Crippen molar-refractivity contribution in [3.63, 3.8) is 0 Å². The van der Waals surface area contributed by atoms with E-state index in [0.29, 0.717) is 36.0 Å². The highest BCUT2D eigenvalue weighted by Crippen LogP contribution is 2.26. The predicted molar refractivity (Wildman–Crippen MR) is 111 cm³/mol. The number of rotatable bonds is 6. The van der Waals surface area contributed by atoms with E-state index >= 15 is 0 Å². The molecule has 0 saturated heterocycles. The third-order valence-electron chi connectivity index (χ3n) is 4.91. The number of hydrogen-bond donors (Lipinski definition) is 1. The highest BCUT2D eigenvalue weighted by Gasteiger charge is 2.26. The summed E-state index contributed by atoms with van der Waals surface area (Å²) < 4.78 is 13.1. The van der Waals surface area contributed by atoms with Gasteiger partial charge in [-0.25, -0.2) is 0 Å². The van der Waals surface area contributed by atoms with Gasteiger partial charge < -0.3 is 14.8 Å². The molecule has 0 aliphatic carbocycles. The first kappa shape index (κ1) is 19.5. The molecule has 1 N–H and O–H groups in total. The molecule has 1 aromatic heterocycles. The number of carbonyl (C=O) groups is 1. The number of ether oxygens (including phenoxy) is 2. The van der Waals surface area contributed by atoms with Gasteiger partial charge >= 0.3 is 0 Å². The van der Waals surface area contributed by atoms with E-state index in [2.05, 4.69) is 23.6 Å². The molecular weight excluding hydrogens is 390 g/mol. The second kappa shape index (κ2) is 8.68. The largest absolute Gasteiger partial charge is 0.496 e. The Kier molecular flexibility index (Phi) is 5.83. The van der Waals surface area contributed by atoms with Crippen LogP contribution in [0.3, 0.4) is 0 Å². The number of amides is 1. The topological polar surface area (TPSA) is 65.4 Å². The van der Waals surface area contributed by atoms with Gasteiger partial charge in [0.2, 0.25) is 0 Å². The monoisotopic (exact) mass is 411 g/mol. The third kappa shape index (κ3) is 4.44. The molecule has 3 aromatic rings. The predicted octanol–water partition coefficient (Wildman–Crippen LogP) is 3.64. The molecule has 2 heterocycles. The lowest BCUT2D eigenvalue weighted by Gasteiger charge is -2.22. The lowest BCUT2D eigenvalue weighted by Crippen LogP contribution is -2.32. The van der Waals surface area contributed by atoms with Crippen molar-refractivity contribution in [1.82, 2.24) is 15.1 Å². The van der Waals surface area contributed by atoms with Crippen LogP contribution < -0.4 is 10.1 Å². The van der Waals surface area contributed by atoms with E-state index in [9.17, 15) is 4.79 Å². The van der Waals surface area contributed by atoms with Crippen LogP contribution >= 0.6 is 11.6 Å². The number of hydrogen-bond acceptors (Lipinski definition) is 4. The first-order chi connectivity index (χ1) is 14.1. The summed E-state index contributed by atoms with van der Waals surface area (Å²) in [6.45, 7) is 1.63. The van der Waals surface area contributed by atoms with Gasteiger partial charge in [-0.2, -0.15) is 5.10 Å². The van der Waals surface area contributed by atoms with Crippen molar-refractivity contribution in [2.75, 3.05) is 20.3 Å². The van der Waals surface area contributed by atoms with Gasteiger partial charge in [0.15, 0.2) is 0 Å². The van der Waals surface area contributed by atoms with Gasteiger partial charge in [0.1, 0.15) is 11.9 Å². The van der Waals surface area contributed by atoms with E-state index in [1.165, 1.54) is 12.7 Å². The van der Waals surface area contributed by atoms with Crippen LogP contribution in [0.4, 0.5) is 0 Å². The smallest absolute Gasteiger partial charge is 0.255 e. The standard InChI is InChI=1S/C22H22ClN3O3/c1-28-19-8-7-17(23)11-18(19)22(27)24-12-20-21-16(9-10-29-20)14-26(25-21)13-15-5-3-2-4-6-15/h2-8,11,14,20H,9-10,12-13H2,1H3,(H,24,27)/t20-/m0/s1. The van der Waals surface area contributed by atoms with Gasteiger partial charge in [-0.3, -0.25) is 9.48 Å². The van der Waals surface area contributed by atoms with E-state index in [1.54, 1.807) is 18.2 Å². The van der Waals surface area contributed by atoms with Crippen LogP contribution in [0.1, 0.15) is 33.3 Å². The normalized spacial score (nSPS) is 15.6. The van der Waals surface area contributed by atoms with Crippen LogP contribution in [0, 0.1) is 0 Å². The fraction of sp³-hybridized carbons (Fsp3) is 0.273. The minimum atomic E-state index is -0.287. The van der Waals surface area contributed by atoms with Crippen molar-refractivity contribution in [3.8, 4) is 5.75 Å². The van der Waals surface area contributed by atoms with Gasteiger partial charge in [0, 0.05) is 17.8 Å². The highest BCUT2D eigenvalue weighted by molar-refractivity contribution is 6.31. The second-order valence-electron chi connectivity index (χ2n) is 6.89. The van der Waals surface area contributed by atoms with Crippen molar-refractivity contribution in [2.24, 2.45) is 0 Å². The van der Waals surface area contributed by atoms with Gasteiger partial charge in [-0.1, -0.05) is 41.9 Å². The molecule has 150 valence electrons. The summed E-state index contributed by atoms with van der Waals surface area (Å²) in [4.78, 5) is 12.6. The first-order valence-electron chi connectivity index (χ1n) is 9.47. The molecule has 2 aromatic carbocycles. The maximum Gasteiger partial charge on any atom is 0.255 e. The average molecular weight is 412 g/mol. The summed E-state index contributed by atoms with van der Waals surface area (Å²) in [6, 6.07) is 15.1. The van der Waals surface area contributed by atoms with Crippen molar-refractivity contribution in [1.29, 1.82) is 0 Å². The molecule has 6 nitrogen and oxygen atoms in total. The van der Waals surface area contributed by atoms with E-state index in [4.69, 9.17) is 26.2 Å². The zero-order chi connectivity index (χ0) is 20.2. The number of fused-ring (bicyclic) bond motifs is 1. The Bertz CT molecular complexity index is 1000. The summed E-state index contributed by atoms with van der Waals surface area (Å²) in [7, 11) is 1.52. The van der Waals surface area contributed by atoms with E-state index in [1.807, 2.05) is 22.9 Å². The average Bonchev–Trinajstić information content (AvgIpc) is 3.15. The second-order valence-corrected chi connectivity index (χ2v) is 7.32. The summed E-state index contributed by atoms with van der Waals surface area (Å²) in [5.41, 5.74) is 3.62. The minimum absolute atomic E-state index is 0.260. The lowest BCUT2D eigenvalue weighted by molar-refractivity contribution is 0.0383. The molecule has 0 unspecified atom stereocenters. The number of methoxy groups -OCH3 is 1. The Hall–Kier alpha value is -2.83. The summed E-state index contributed by atoms with van der Waals surface area (Å²) in [6.07, 6.45) is 2.60. The number of benzene rings is 2. The Labute approximate surface area is 174 Å². The van der Waals surface area contributed by atoms with Crippen LogP contribution in [-0.4, -0.2) is 35.9 Å². The maximum absolute atomic E-state index is 12.6. The molecular formula is C22H22ClN3O3. The van der Waals surface area contributed by atoms with Gasteiger partial charge in [0.05, 0.1) is 31.5 Å². The molecule has 0 spiro atoms. The van der Waals surface area contributed by atoms with Crippen LogP contribution in [0.5, 0.6) is 5.75 Å². The molecule has 0 bridgehead atoms. The molecule has 4 rings (SSSR count). The Morgan fingerprint density at radius 3 is 2.93 bits per heavy atom. The number of halogens is 1. The zero-order valence-corrected chi connectivity index (χ0v) is 16.9. The van der Waals surface area contributed by atoms with E-state index < -0.39 is 0 Å². The first-order valence-corrected chi connectivity index (χ1v) is 9.85. The zero-order valence-electron chi connectivity index (χ0n) is 16.1. The fourth-order valence-corrected chi connectivity index (χ4v) is 3.65. The molecule has 0 fully saturated rings. The fourth-order valence-electron chi connectivity index (χ4n) is 3.48. The summed E-state index contributed by atoms with van der Waals surface area (Å²) in [5.74, 6) is 0.216. The van der Waals surface area contributed by atoms with E-state index in [-0.39, 0.29) is 12.0 Å².